The molecule has 0 aromatic carbocycles. The van der Waals surface area contributed by atoms with Crippen LogP contribution in [0.3, 0.4) is 0 Å². The fraction of sp³-hybridized carbons (Fsp3) is 0.500. The van der Waals surface area contributed by atoms with Gasteiger partial charge in [0.1, 0.15) is 0 Å². The van der Waals surface area contributed by atoms with Crippen LogP contribution in [-0.4, -0.2) is 19.6 Å². The molecule has 4 nitrogen and oxygen atoms in total. The van der Waals surface area contributed by atoms with Gasteiger partial charge in [-0.25, -0.2) is 0 Å². The number of hydrogen-bond acceptors (Lipinski definition) is 3. The molecule has 0 rings (SSSR count). The lowest BCUT2D eigenvalue weighted by atomic mass is 10.9. The fourth-order valence-electron chi connectivity index (χ4n) is 0.206. The summed E-state index contributed by atoms with van der Waals surface area (Å²) in [4.78, 5) is 0. The Morgan fingerprint density at radius 1 is 1.67 bits per heavy atom. The van der Waals surface area contributed by atoms with Crippen LogP contribution >= 0.6 is 0 Å². The van der Waals surface area contributed by atoms with Crippen LogP contribution in [0.15, 0.2) is 11.7 Å². The van der Waals surface area contributed by atoms with E-state index in [1.807, 2.05) is 0 Å². The summed E-state index contributed by atoms with van der Waals surface area (Å²) in [6.07, 6.45) is 0.926. The second-order valence-corrected chi connectivity index (χ2v) is 2.54. The molecule has 0 bridgehead atoms. The molecule has 54 valence electrons. The van der Waals surface area contributed by atoms with Gasteiger partial charge in [0.25, 0.3) is 10.1 Å². The normalized spacial score (nSPS) is 12.2. The molecule has 0 fully saturated rings. The van der Waals surface area contributed by atoms with Crippen LogP contribution in [0, 0.1) is 0 Å². The van der Waals surface area contributed by atoms with Crippen molar-refractivity contribution in [1.29, 1.82) is 0 Å². The first-order chi connectivity index (χ1) is 4.06. The number of hydrogen-bond donors (Lipinski definition) is 1. The summed E-state index contributed by atoms with van der Waals surface area (Å²) in [5.74, 6) is 0. The summed E-state index contributed by atoms with van der Waals surface area (Å²) in [6, 6.07) is 0. The van der Waals surface area contributed by atoms with Gasteiger partial charge in [-0.1, -0.05) is 0 Å². The van der Waals surface area contributed by atoms with Gasteiger partial charge in [-0.15, -0.1) is 0 Å². The molecule has 0 aromatic rings. The van der Waals surface area contributed by atoms with Crippen molar-refractivity contribution < 1.29 is 17.7 Å². The zero-order chi connectivity index (χ0) is 7.33. The van der Waals surface area contributed by atoms with Crippen LogP contribution in [0.1, 0.15) is 6.92 Å². The lowest BCUT2D eigenvalue weighted by molar-refractivity contribution is 0.269. The van der Waals surface area contributed by atoms with Gasteiger partial charge in [0.15, 0.2) is 0 Å². The van der Waals surface area contributed by atoms with Gasteiger partial charge in [0, 0.05) is 0 Å². The minimum Gasteiger partial charge on any atom is -0.501 e. The molecule has 0 heterocycles. The second kappa shape index (κ2) is 3.47. The second-order valence-electron chi connectivity index (χ2n) is 1.24. The van der Waals surface area contributed by atoms with Gasteiger partial charge in [-0.3, -0.25) is 4.55 Å². The van der Waals surface area contributed by atoms with Gasteiger partial charge in [0.2, 0.25) is 0 Å². The van der Waals surface area contributed by atoms with Crippen LogP contribution < -0.4 is 0 Å². The molecule has 0 aliphatic heterocycles. The highest BCUT2D eigenvalue weighted by Crippen LogP contribution is 1.84. The molecule has 0 saturated carbocycles. The van der Waals surface area contributed by atoms with Gasteiger partial charge < -0.3 is 4.74 Å². The molecule has 5 heteroatoms. The molecular weight excluding hydrogens is 144 g/mol. The Balaban J connectivity index is 3.73. The Morgan fingerprint density at radius 2 is 2.22 bits per heavy atom. The summed E-state index contributed by atoms with van der Waals surface area (Å²) < 4.78 is 32.3. The predicted octanol–water partition coefficient (Wildman–Crippen LogP) is 0.382. The maximum Gasteiger partial charge on any atom is 0.290 e. The highest BCUT2D eigenvalue weighted by Gasteiger charge is 1.92. The SMILES string of the molecule is CCOC=CS(=O)(=O)O. The summed E-state index contributed by atoms with van der Waals surface area (Å²) >= 11 is 0. The van der Waals surface area contributed by atoms with Crippen LogP contribution in [0.4, 0.5) is 0 Å². The predicted molar refractivity (Wildman–Crippen MR) is 32.3 cm³/mol. The van der Waals surface area contributed by atoms with E-state index in [0.717, 1.165) is 6.26 Å². The number of rotatable bonds is 3. The van der Waals surface area contributed by atoms with Crippen molar-refractivity contribution in [1.82, 2.24) is 0 Å². The standard InChI is InChI=1S/C4H8O4S/c1-2-8-3-4-9(5,6)7/h3-4H,2H2,1H3,(H,5,6,7). The first kappa shape index (κ1) is 8.45. The van der Waals surface area contributed by atoms with Crippen LogP contribution in [0.5, 0.6) is 0 Å². The van der Waals surface area contributed by atoms with E-state index in [2.05, 4.69) is 4.74 Å². The lowest BCUT2D eigenvalue weighted by Crippen LogP contribution is -1.90. The van der Waals surface area contributed by atoms with Crippen LogP contribution in [0.25, 0.3) is 0 Å². The molecule has 0 amide bonds. The van der Waals surface area contributed by atoms with Crippen molar-refractivity contribution in [2.24, 2.45) is 0 Å². The van der Waals surface area contributed by atoms with Crippen molar-refractivity contribution >= 4 is 10.1 Å². The molecular formula is C4H8O4S. The summed E-state index contributed by atoms with van der Waals surface area (Å²) in [7, 11) is -4.00. The molecule has 0 aliphatic carbocycles. The summed E-state index contributed by atoms with van der Waals surface area (Å²) in [5.41, 5.74) is 0. The number of ether oxygens (including phenoxy) is 1. The van der Waals surface area contributed by atoms with E-state index in [-0.39, 0.29) is 0 Å². The van der Waals surface area contributed by atoms with E-state index in [1.165, 1.54) is 0 Å². The lowest BCUT2D eigenvalue weighted by Gasteiger charge is -1.89. The zero-order valence-corrected chi connectivity index (χ0v) is 5.76. The first-order valence-electron chi connectivity index (χ1n) is 2.32. The molecule has 0 spiro atoms. The van der Waals surface area contributed by atoms with E-state index in [1.54, 1.807) is 6.92 Å². The van der Waals surface area contributed by atoms with E-state index < -0.39 is 10.1 Å². The van der Waals surface area contributed by atoms with Gasteiger partial charge in [-0.05, 0) is 6.92 Å². The first-order valence-corrected chi connectivity index (χ1v) is 3.82. The van der Waals surface area contributed by atoms with Crippen molar-refractivity contribution in [3.8, 4) is 0 Å². The summed E-state index contributed by atoms with van der Waals surface area (Å²) in [5, 5.41) is 0.580. The Labute approximate surface area is 53.9 Å². The minimum absolute atomic E-state index is 0.381. The maximum absolute atomic E-state index is 9.89. The maximum atomic E-state index is 9.89. The highest BCUT2D eigenvalue weighted by atomic mass is 32.2. The molecule has 0 atom stereocenters. The molecule has 0 radical (unpaired) electrons. The topological polar surface area (TPSA) is 63.6 Å². The molecule has 9 heavy (non-hydrogen) atoms. The third-order valence-electron chi connectivity index (χ3n) is 0.490. The molecule has 0 aliphatic rings. The average Bonchev–Trinajstić information content (AvgIpc) is 1.63. The Kier molecular flexibility index (Phi) is 3.26. The monoisotopic (exact) mass is 152 g/mol. The molecule has 1 N–H and O–H groups in total. The van der Waals surface area contributed by atoms with Crippen LogP contribution in [-0.2, 0) is 14.9 Å². The molecule has 0 saturated heterocycles. The largest absolute Gasteiger partial charge is 0.501 e. The van der Waals surface area contributed by atoms with Crippen molar-refractivity contribution in [2.75, 3.05) is 6.61 Å². The minimum atomic E-state index is -4.00. The van der Waals surface area contributed by atoms with Crippen LogP contribution in [0.2, 0.25) is 0 Å². The van der Waals surface area contributed by atoms with Gasteiger partial charge >= 0.3 is 0 Å². The quantitative estimate of drug-likeness (QED) is 0.469. The highest BCUT2D eigenvalue weighted by molar-refractivity contribution is 7.88. The van der Waals surface area contributed by atoms with E-state index in [0.29, 0.717) is 12.0 Å². The smallest absolute Gasteiger partial charge is 0.290 e. The fourth-order valence-corrected chi connectivity index (χ4v) is 0.425. The Hall–Kier alpha value is -0.550. The zero-order valence-electron chi connectivity index (χ0n) is 4.94. The molecule has 0 aromatic heterocycles. The van der Waals surface area contributed by atoms with Crippen molar-refractivity contribution in [3.05, 3.63) is 11.7 Å². The van der Waals surface area contributed by atoms with Gasteiger partial charge in [0.05, 0.1) is 18.3 Å². The summed E-state index contributed by atoms with van der Waals surface area (Å²) in [6.45, 7) is 2.08. The van der Waals surface area contributed by atoms with E-state index in [4.69, 9.17) is 4.55 Å². The third kappa shape index (κ3) is 7.45. The van der Waals surface area contributed by atoms with Gasteiger partial charge in [-0.2, -0.15) is 8.42 Å². The average molecular weight is 152 g/mol. The third-order valence-corrected chi connectivity index (χ3v) is 0.945. The Morgan fingerprint density at radius 3 is 2.56 bits per heavy atom. The van der Waals surface area contributed by atoms with E-state index in [9.17, 15) is 8.42 Å². The van der Waals surface area contributed by atoms with Crippen molar-refractivity contribution in [3.63, 3.8) is 0 Å². The van der Waals surface area contributed by atoms with E-state index >= 15 is 0 Å². The Bertz CT molecular complexity index is 179. The van der Waals surface area contributed by atoms with Crippen molar-refractivity contribution in [2.45, 2.75) is 6.92 Å². The molecule has 0 unspecified atom stereocenters.